The van der Waals surface area contributed by atoms with Gasteiger partial charge in [-0.3, -0.25) is 9.78 Å². The van der Waals surface area contributed by atoms with Crippen LogP contribution in [0.5, 0.6) is 0 Å². The zero-order valence-electron chi connectivity index (χ0n) is 14.5. The molecular formula is C19H22FN3O2. The molecule has 1 saturated heterocycles. The summed E-state index contributed by atoms with van der Waals surface area (Å²) in [6.45, 7) is 5.92. The van der Waals surface area contributed by atoms with Crippen LogP contribution in [0.1, 0.15) is 53.2 Å². The molecule has 2 heterocycles. The van der Waals surface area contributed by atoms with Crippen LogP contribution < -0.4 is 5.32 Å². The van der Waals surface area contributed by atoms with E-state index in [9.17, 15) is 9.18 Å². The van der Waals surface area contributed by atoms with E-state index in [1.165, 1.54) is 12.3 Å². The van der Waals surface area contributed by atoms with Crippen LogP contribution in [0.4, 0.5) is 4.39 Å². The Morgan fingerprint density at radius 3 is 2.92 bits per heavy atom. The number of Topliss-reactive ketones (excluding diaryl/α,β-unsaturated/α-hetero) is 1. The predicted octanol–water partition coefficient (Wildman–Crippen LogP) is 2.83. The number of halogens is 1. The summed E-state index contributed by atoms with van der Waals surface area (Å²) in [6.07, 6.45) is 2.93. The largest absolute Gasteiger partial charge is 0.371 e. The van der Waals surface area contributed by atoms with Crippen molar-refractivity contribution in [1.29, 1.82) is 0 Å². The van der Waals surface area contributed by atoms with Gasteiger partial charge in [-0.1, -0.05) is 26.0 Å². The van der Waals surface area contributed by atoms with Crippen molar-refractivity contribution >= 4 is 5.78 Å². The second-order valence-electron chi connectivity index (χ2n) is 6.50. The van der Waals surface area contributed by atoms with Crippen LogP contribution in [0.3, 0.4) is 0 Å². The second kappa shape index (κ2) is 7.80. The summed E-state index contributed by atoms with van der Waals surface area (Å²) in [5, 5.41) is 3.18. The van der Waals surface area contributed by atoms with Gasteiger partial charge in [0, 0.05) is 31.3 Å². The number of ketones is 1. The number of ether oxygens (including phenoxy) is 1. The van der Waals surface area contributed by atoms with Gasteiger partial charge >= 0.3 is 0 Å². The van der Waals surface area contributed by atoms with Gasteiger partial charge in [0.2, 0.25) is 0 Å². The third kappa shape index (κ3) is 4.27. The van der Waals surface area contributed by atoms with Gasteiger partial charge in [-0.25, -0.2) is 9.37 Å². The topological polar surface area (TPSA) is 64.1 Å². The summed E-state index contributed by atoms with van der Waals surface area (Å²) in [7, 11) is 0. The maximum Gasteiger partial charge on any atom is 0.187 e. The van der Waals surface area contributed by atoms with Gasteiger partial charge in [0.15, 0.2) is 5.78 Å². The average molecular weight is 343 g/mol. The first-order chi connectivity index (χ1) is 12.0. The lowest BCUT2D eigenvalue weighted by atomic mass is 10.0. The van der Waals surface area contributed by atoms with Gasteiger partial charge in [-0.15, -0.1) is 0 Å². The van der Waals surface area contributed by atoms with Crippen molar-refractivity contribution in [3.63, 3.8) is 0 Å². The summed E-state index contributed by atoms with van der Waals surface area (Å²) >= 11 is 0. The average Bonchev–Trinajstić information content (AvgIpc) is 2.62. The summed E-state index contributed by atoms with van der Waals surface area (Å²) < 4.78 is 20.0. The highest BCUT2D eigenvalue weighted by atomic mass is 19.1. The molecule has 1 aromatic heterocycles. The molecule has 1 aliphatic heterocycles. The quantitative estimate of drug-likeness (QED) is 0.846. The number of hydrogen-bond acceptors (Lipinski definition) is 5. The number of carbonyl (C=O) groups is 1. The molecule has 6 heteroatoms. The molecule has 1 aliphatic rings. The molecule has 1 atom stereocenters. The molecule has 0 unspecified atom stereocenters. The molecule has 5 nitrogen and oxygen atoms in total. The molecule has 1 aromatic carbocycles. The molecule has 1 fully saturated rings. The van der Waals surface area contributed by atoms with E-state index < -0.39 is 0 Å². The SMILES string of the molecule is CC(C)c1cncc(C(=O)Cc2ccc([C@H]3CNCCO3)c(F)c2)n1. The molecule has 1 N–H and O–H groups in total. The maximum atomic E-state index is 14.4. The zero-order chi connectivity index (χ0) is 17.8. The Morgan fingerprint density at radius 2 is 2.24 bits per heavy atom. The molecule has 25 heavy (non-hydrogen) atoms. The molecule has 132 valence electrons. The molecule has 0 saturated carbocycles. The Kier molecular flexibility index (Phi) is 5.50. The van der Waals surface area contributed by atoms with Crippen LogP contribution in [0.15, 0.2) is 30.6 Å². The van der Waals surface area contributed by atoms with Crippen LogP contribution in [0.2, 0.25) is 0 Å². The van der Waals surface area contributed by atoms with E-state index in [0.29, 0.717) is 30.0 Å². The van der Waals surface area contributed by atoms with Crippen LogP contribution in [0, 0.1) is 5.82 Å². The van der Waals surface area contributed by atoms with E-state index in [0.717, 1.165) is 12.2 Å². The number of carbonyl (C=O) groups excluding carboxylic acids is 1. The van der Waals surface area contributed by atoms with Crippen molar-refractivity contribution in [1.82, 2.24) is 15.3 Å². The highest BCUT2D eigenvalue weighted by Crippen LogP contribution is 2.23. The maximum absolute atomic E-state index is 14.4. The van der Waals surface area contributed by atoms with Crippen molar-refractivity contribution in [3.05, 3.63) is 58.9 Å². The molecule has 0 bridgehead atoms. The molecule has 3 rings (SSSR count). The minimum absolute atomic E-state index is 0.0944. The number of nitrogens with zero attached hydrogens (tertiary/aromatic N) is 2. The molecule has 0 radical (unpaired) electrons. The van der Waals surface area contributed by atoms with Crippen molar-refractivity contribution < 1.29 is 13.9 Å². The first-order valence-corrected chi connectivity index (χ1v) is 8.50. The number of hydrogen-bond donors (Lipinski definition) is 1. The Hall–Kier alpha value is -2.18. The Balaban J connectivity index is 1.73. The smallest absolute Gasteiger partial charge is 0.187 e. The van der Waals surface area contributed by atoms with Crippen molar-refractivity contribution in [2.45, 2.75) is 32.3 Å². The highest BCUT2D eigenvalue weighted by Gasteiger charge is 2.20. The normalized spacial score (nSPS) is 17.7. The highest BCUT2D eigenvalue weighted by molar-refractivity contribution is 5.95. The Labute approximate surface area is 146 Å². The van der Waals surface area contributed by atoms with Gasteiger partial charge < -0.3 is 10.1 Å². The molecule has 0 spiro atoms. The lowest BCUT2D eigenvalue weighted by molar-refractivity contribution is 0.0255. The first kappa shape index (κ1) is 17.6. The summed E-state index contributed by atoms with van der Waals surface area (Å²) in [5.41, 5.74) is 2.22. The van der Waals surface area contributed by atoms with E-state index in [2.05, 4.69) is 15.3 Å². The van der Waals surface area contributed by atoms with Gasteiger partial charge in [-0.05, 0) is 17.5 Å². The Morgan fingerprint density at radius 1 is 1.40 bits per heavy atom. The van der Waals surface area contributed by atoms with Gasteiger partial charge in [0.1, 0.15) is 11.5 Å². The van der Waals surface area contributed by atoms with E-state index in [1.54, 1.807) is 18.3 Å². The van der Waals surface area contributed by atoms with Crippen LogP contribution >= 0.6 is 0 Å². The fourth-order valence-corrected chi connectivity index (χ4v) is 2.78. The standard InChI is InChI=1S/C19H22FN3O2/c1-12(2)16-9-22-10-17(23-16)18(24)8-13-3-4-14(15(20)7-13)19-11-21-5-6-25-19/h3-4,7,9-10,12,19,21H,5-6,8,11H2,1-2H3/t19-/m1/s1. The second-order valence-corrected chi connectivity index (χ2v) is 6.50. The van der Waals surface area contributed by atoms with Gasteiger partial charge in [0.25, 0.3) is 0 Å². The molecule has 0 amide bonds. The van der Waals surface area contributed by atoms with Gasteiger partial charge in [0.05, 0.1) is 24.6 Å². The number of benzene rings is 1. The summed E-state index contributed by atoms with van der Waals surface area (Å²) in [4.78, 5) is 20.9. The van der Waals surface area contributed by atoms with E-state index in [-0.39, 0.29) is 30.0 Å². The van der Waals surface area contributed by atoms with Crippen molar-refractivity contribution in [3.8, 4) is 0 Å². The lowest BCUT2D eigenvalue weighted by Gasteiger charge is -2.24. The third-order valence-corrected chi connectivity index (χ3v) is 4.23. The monoisotopic (exact) mass is 343 g/mol. The van der Waals surface area contributed by atoms with Crippen molar-refractivity contribution in [2.75, 3.05) is 19.7 Å². The summed E-state index contributed by atoms with van der Waals surface area (Å²) in [5.74, 6) is -0.320. The number of aromatic nitrogens is 2. The predicted molar refractivity (Wildman–Crippen MR) is 92.1 cm³/mol. The Bertz CT molecular complexity index is 758. The van der Waals surface area contributed by atoms with Crippen LogP contribution in [-0.4, -0.2) is 35.4 Å². The lowest BCUT2D eigenvalue weighted by Crippen LogP contribution is -2.33. The number of morpholine rings is 1. The minimum Gasteiger partial charge on any atom is -0.371 e. The molecule has 0 aliphatic carbocycles. The van der Waals surface area contributed by atoms with E-state index in [4.69, 9.17) is 4.74 Å². The fraction of sp³-hybridized carbons (Fsp3) is 0.421. The molecule has 2 aromatic rings. The van der Waals surface area contributed by atoms with E-state index >= 15 is 0 Å². The van der Waals surface area contributed by atoms with Crippen molar-refractivity contribution in [2.24, 2.45) is 0 Å². The third-order valence-electron chi connectivity index (χ3n) is 4.23. The van der Waals surface area contributed by atoms with E-state index in [1.807, 2.05) is 13.8 Å². The number of rotatable bonds is 5. The zero-order valence-corrected chi connectivity index (χ0v) is 14.5. The fourth-order valence-electron chi connectivity index (χ4n) is 2.78. The summed E-state index contributed by atoms with van der Waals surface area (Å²) in [6, 6.07) is 4.88. The van der Waals surface area contributed by atoms with Crippen LogP contribution in [-0.2, 0) is 11.2 Å². The number of nitrogens with one attached hydrogen (secondary N) is 1. The molecular weight excluding hydrogens is 321 g/mol. The van der Waals surface area contributed by atoms with Gasteiger partial charge in [-0.2, -0.15) is 0 Å². The minimum atomic E-state index is -0.346. The first-order valence-electron chi connectivity index (χ1n) is 8.50. The van der Waals surface area contributed by atoms with Crippen LogP contribution in [0.25, 0.3) is 0 Å².